The van der Waals surface area contributed by atoms with Crippen molar-refractivity contribution in [2.45, 2.75) is 70.0 Å². The molecule has 3 fully saturated rings. The second-order valence-corrected chi connectivity index (χ2v) is 7.67. The summed E-state index contributed by atoms with van der Waals surface area (Å²) in [5.74, 6) is -0.935. The summed E-state index contributed by atoms with van der Waals surface area (Å²) in [4.78, 5) is 39.4. The van der Waals surface area contributed by atoms with Crippen molar-refractivity contribution >= 4 is 17.8 Å². The average molecular weight is 351 g/mol. The van der Waals surface area contributed by atoms with Gasteiger partial charge in [-0.15, -0.1) is 0 Å². The predicted octanol–water partition coefficient (Wildman–Crippen LogP) is 0.831. The third kappa shape index (κ3) is 4.14. The fourth-order valence-corrected chi connectivity index (χ4v) is 4.47. The minimum Gasteiger partial charge on any atom is -0.480 e. The van der Waals surface area contributed by atoms with Crippen molar-refractivity contribution in [2.75, 3.05) is 19.6 Å². The van der Waals surface area contributed by atoms with Gasteiger partial charge in [0.1, 0.15) is 0 Å². The highest BCUT2D eigenvalue weighted by Crippen LogP contribution is 2.30. The molecule has 7 nitrogen and oxygen atoms in total. The van der Waals surface area contributed by atoms with Crippen LogP contribution in [-0.4, -0.2) is 70.4 Å². The Morgan fingerprint density at radius 3 is 2.56 bits per heavy atom. The number of carbonyl (C=O) groups excluding carboxylic acids is 2. The van der Waals surface area contributed by atoms with Crippen LogP contribution in [0.25, 0.3) is 0 Å². The number of rotatable bonds is 7. The zero-order valence-electron chi connectivity index (χ0n) is 14.9. The number of carbonyl (C=O) groups is 3. The van der Waals surface area contributed by atoms with E-state index in [0.29, 0.717) is 25.6 Å². The number of hydrogen-bond acceptors (Lipinski definition) is 4. The molecule has 1 heterocycles. The summed E-state index contributed by atoms with van der Waals surface area (Å²) < 4.78 is 0. The molecule has 25 heavy (non-hydrogen) atoms. The maximum Gasteiger partial charge on any atom is 0.317 e. The van der Waals surface area contributed by atoms with Crippen LogP contribution in [0.2, 0.25) is 0 Å². The van der Waals surface area contributed by atoms with E-state index in [9.17, 15) is 14.4 Å². The SMILES string of the molecule is CCN(CC(=O)O)C1CC(NC(=O)C2CC(=O)N(C3CCCC3)C2)C1. The van der Waals surface area contributed by atoms with Crippen LogP contribution >= 0.6 is 0 Å². The molecule has 1 atom stereocenters. The molecular weight excluding hydrogens is 322 g/mol. The molecule has 0 spiro atoms. The van der Waals surface area contributed by atoms with Gasteiger partial charge in [-0.3, -0.25) is 19.3 Å². The zero-order chi connectivity index (χ0) is 18.0. The Morgan fingerprint density at radius 2 is 1.96 bits per heavy atom. The van der Waals surface area contributed by atoms with Crippen molar-refractivity contribution in [1.29, 1.82) is 0 Å². The Labute approximate surface area is 148 Å². The van der Waals surface area contributed by atoms with Crippen LogP contribution in [0.4, 0.5) is 0 Å². The number of aliphatic carboxylic acids is 1. The number of likely N-dealkylation sites (tertiary alicyclic amines) is 1. The van der Waals surface area contributed by atoms with Gasteiger partial charge in [-0.2, -0.15) is 0 Å². The first kappa shape index (κ1) is 18.2. The largest absolute Gasteiger partial charge is 0.480 e. The van der Waals surface area contributed by atoms with Crippen LogP contribution in [0, 0.1) is 5.92 Å². The lowest BCUT2D eigenvalue weighted by molar-refractivity contribution is -0.140. The normalized spacial score (nSPS) is 29.9. The molecule has 140 valence electrons. The summed E-state index contributed by atoms with van der Waals surface area (Å²) in [5.41, 5.74) is 0. The molecule has 1 saturated heterocycles. The molecule has 2 amide bonds. The van der Waals surface area contributed by atoms with Crippen LogP contribution in [0.5, 0.6) is 0 Å². The number of nitrogens with one attached hydrogen (secondary N) is 1. The van der Waals surface area contributed by atoms with Gasteiger partial charge in [0.05, 0.1) is 12.5 Å². The van der Waals surface area contributed by atoms with Gasteiger partial charge in [0.15, 0.2) is 0 Å². The molecule has 3 aliphatic rings. The molecule has 2 saturated carbocycles. The monoisotopic (exact) mass is 351 g/mol. The topological polar surface area (TPSA) is 90.0 Å². The van der Waals surface area contributed by atoms with Crippen molar-refractivity contribution in [3.63, 3.8) is 0 Å². The van der Waals surface area contributed by atoms with Gasteiger partial charge < -0.3 is 15.3 Å². The number of hydrogen-bond donors (Lipinski definition) is 2. The molecule has 1 unspecified atom stereocenters. The standard InChI is InChI=1S/C18H29N3O4/c1-2-20(11-17(23)24)15-8-13(9-15)19-18(25)12-7-16(22)21(10-12)14-5-3-4-6-14/h12-15H,2-11H2,1H3,(H,19,25)(H,23,24). The molecule has 7 heteroatoms. The lowest BCUT2D eigenvalue weighted by Gasteiger charge is -2.42. The first-order chi connectivity index (χ1) is 12.0. The van der Waals surface area contributed by atoms with E-state index in [2.05, 4.69) is 5.32 Å². The van der Waals surface area contributed by atoms with Gasteiger partial charge in [0, 0.05) is 31.1 Å². The fourth-order valence-electron chi connectivity index (χ4n) is 4.47. The Bertz CT molecular complexity index is 526. The highest BCUT2D eigenvalue weighted by Gasteiger charge is 2.41. The van der Waals surface area contributed by atoms with Crippen LogP contribution in [-0.2, 0) is 14.4 Å². The summed E-state index contributed by atoms with van der Waals surface area (Å²) in [6.45, 7) is 3.27. The van der Waals surface area contributed by atoms with Crippen LogP contribution in [0.3, 0.4) is 0 Å². The van der Waals surface area contributed by atoms with E-state index < -0.39 is 5.97 Å². The molecule has 2 aliphatic carbocycles. The van der Waals surface area contributed by atoms with E-state index in [1.807, 2.05) is 16.7 Å². The number of amides is 2. The summed E-state index contributed by atoms with van der Waals surface area (Å²) in [6, 6.07) is 0.676. The second kappa shape index (κ2) is 7.72. The van der Waals surface area contributed by atoms with Gasteiger partial charge in [-0.25, -0.2) is 0 Å². The van der Waals surface area contributed by atoms with E-state index in [1.54, 1.807) is 0 Å². The number of nitrogens with zero attached hydrogens (tertiary/aromatic N) is 2. The zero-order valence-corrected chi connectivity index (χ0v) is 14.9. The van der Waals surface area contributed by atoms with Crippen molar-refractivity contribution < 1.29 is 19.5 Å². The van der Waals surface area contributed by atoms with E-state index in [-0.39, 0.29) is 36.4 Å². The Hall–Kier alpha value is -1.63. The summed E-state index contributed by atoms with van der Waals surface area (Å²) in [7, 11) is 0. The van der Waals surface area contributed by atoms with E-state index in [4.69, 9.17) is 5.11 Å². The number of likely N-dealkylation sites (N-methyl/N-ethyl adjacent to an activating group) is 1. The molecule has 0 bridgehead atoms. The quantitative estimate of drug-likeness (QED) is 0.709. The van der Waals surface area contributed by atoms with Gasteiger partial charge >= 0.3 is 5.97 Å². The predicted molar refractivity (Wildman–Crippen MR) is 91.9 cm³/mol. The molecule has 0 radical (unpaired) electrons. The maximum absolute atomic E-state index is 12.5. The minimum atomic E-state index is -0.814. The number of carboxylic acids is 1. The third-order valence-electron chi connectivity index (χ3n) is 6.02. The van der Waals surface area contributed by atoms with Crippen molar-refractivity contribution in [1.82, 2.24) is 15.1 Å². The minimum absolute atomic E-state index is 0.0152. The first-order valence-electron chi connectivity index (χ1n) is 9.53. The summed E-state index contributed by atoms with van der Waals surface area (Å²) in [5, 5.41) is 12.0. The molecule has 0 aromatic carbocycles. The Morgan fingerprint density at radius 1 is 1.28 bits per heavy atom. The van der Waals surface area contributed by atoms with E-state index >= 15 is 0 Å². The van der Waals surface area contributed by atoms with Gasteiger partial charge in [0.2, 0.25) is 11.8 Å². The average Bonchev–Trinajstić information content (AvgIpc) is 3.17. The van der Waals surface area contributed by atoms with E-state index in [1.165, 1.54) is 12.8 Å². The van der Waals surface area contributed by atoms with Crippen LogP contribution in [0.1, 0.15) is 51.9 Å². The fraction of sp³-hybridized carbons (Fsp3) is 0.833. The maximum atomic E-state index is 12.5. The smallest absolute Gasteiger partial charge is 0.317 e. The van der Waals surface area contributed by atoms with Gasteiger partial charge in [-0.1, -0.05) is 19.8 Å². The molecular formula is C18H29N3O4. The Kier molecular flexibility index (Phi) is 5.61. The molecule has 3 rings (SSSR count). The highest BCUT2D eigenvalue weighted by molar-refractivity contribution is 5.89. The molecule has 1 aliphatic heterocycles. The van der Waals surface area contributed by atoms with Crippen LogP contribution < -0.4 is 5.32 Å². The Balaban J connectivity index is 1.43. The second-order valence-electron chi connectivity index (χ2n) is 7.67. The first-order valence-corrected chi connectivity index (χ1v) is 9.53. The van der Waals surface area contributed by atoms with E-state index in [0.717, 1.165) is 25.7 Å². The van der Waals surface area contributed by atoms with Gasteiger partial charge in [-0.05, 0) is 32.2 Å². The lowest BCUT2D eigenvalue weighted by Crippen LogP contribution is -2.55. The molecule has 0 aromatic rings. The number of carboxylic acid groups (broad SMARTS) is 1. The summed E-state index contributed by atoms with van der Waals surface area (Å²) in [6.07, 6.45) is 6.41. The lowest BCUT2D eigenvalue weighted by atomic mass is 9.85. The summed E-state index contributed by atoms with van der Waals surface area (Å²) >= 11 is 0. The third-order valence-corrected chi connectivity index (χ3v) is 6.02. The molecule has 0 aromatic heterocycles. The van der Waals surface area contributed by atoms with Crippen molar-refractivity contribution in [2.24, 2.45) is 5.92 Å². The van der Waals surface area contributed by atoms with Crippen molar-refractivity contribution in [3.05, 3.63) is 0 Å². The van der Waals surface area contributed by atoms with Gasteiger partial charge in [0.25, 0.3) is 0 Å². The van der Waals surface area contributed by atoms with Crippen molar-refractivity contribution in [3.8, 4) is 0 Å². The highest BCUT2D eigenvalue weighted by atomic mass is 16.4. The molecule has 2 N–H and O–H groups in total. The van der Waals surface area contributed by atoms with Crippen LogP contribution in [0.15, 0.2) is 0 Å².